The Labute approximate surface area is 182 Å². The van der Waals surface area contributed by atoms with Crippen molar-refractivity contribution in [2.24, 2.45) is 7.05 Å². The summed E-state index contributed by atoms with van der Waals surface area (Å²) in [5.74, 6) is 0.841. The fourth-order valence-corrected chi connectivity index (χ4v) is 3.93. The van der Waals surface area contributed by atoms with Crippen LogP contribution in [0.1, 0.15) is 40.2 Å². The van der Waals surface area contributed by atoms with E-state index in [1.54, 1.807) is 11.9 Å². The maximum atomic E-state index is 12.7. The second kappa shape index (κ2) is 8.79. The van der Waals surface area contributed by atoms with Crippen LogP contribution in [-0.2, 0) is 20.1 Å². The predicted molar refractivity (Wildman–Crippen MR) is 121 cm³/mol. The zero-order valence-corrected chi connectivity index (χ0v) is 18.4. The quantitative estimate of drug-likeness (QED) is 0.689. The van der Waals surface area contributed by atoms with Crippen LogP contribution in [0.2, 0.25) is 0 Å². The minimum Gasteiger partial charge on any atom is -0.339 e. The number of carbonyl (C=O) groups is 2. The van der Waals surface area contributed by atoms with E-state index in [1.807, 2.05) is 65.9 Å². The molecule has 1 fully saturated rings. The summed E-state index contributed by atoms with van der Waals surface area (Å²) in [4.78, 5) is 33.4. The topological polar surface area (TPSA) is 70.5 Å². The van der Waals surface area contributed by atoms with Crippen LogP contribution in [0.3, 0.4) is 0 Å². The van der Waals surface area contributed by atoms with Gasteiger partial charge < -0.3 is 19.7 Å². The zero-order chi connectivity index (χ0) is 22.0. The van der Waals surface area contributed by atoms with E-state index in [4.69, 9.17) is 4.98 Å². The number of rotatable bonds is 5. The van der Waals surface area contributed by atoms with Crippen molar-refractivity contribution in [1.29, 1.82) is 0 Å². The normalized spacial score (nSPS) is 13.6. The number of nitrogens with one attached hydrogen (secondary N) is 1. The number of likely N-dealkylation sites (tertiary alicyclic amines) is 1. The van der Waals surface area contributed by atoms with Gasteiger partial charge in [0.05, 0.1) is 17.6 Å². The van der Waals surface area contributed by atoms with E-state index < -0.39 is 0 Å². The number of fused-ring (bicyclic) bond motifs is 1. The maximum absolute atomic E-state index is 12.7. The van der Waals surface area contributed by atoms with Crippen molar-refractivity contribution in [3.8, 4) is 0 Å². The van der Waals surface area contributed by atoms with Crippen molar-refractivity contribution in [3.63, 3.8) is 0 Å². The molecule has 3 amide bonds. The first-order chi connectivity index (χ1) is 14.9. The lowest BCUT2D eigenvalue weighted by molar-refractivity contribution is 0.0793. The predicted octanol–water partition coefficient (Wildman–Crippen LogP) is 3.46. The molecule has 1 saturated heterocycles. The van der Waals surface area contributed by atoms with Gasteiger partial charge in [0.25, 0.3) is 5.91 Å². The number of aromatic nitrogens is 2. The maximum Gasteiger partial charge on any atom is 0.317 e. The molecule has 2 aromatic carbocycles. The minimum absolute atomic E-state index is 0.0687. The summed E-state index contributed by atoms with van der Waals surface area (Å²) in [6.07, 6.45) is 2.14. The van der Waals surface area contributed by atoms with E-state index in [-0.39, 0.29) is 11.9 Å². The van der Waals surface area contributed by atoms with Crippen LogP contribution in [-0.4, -0.2) is 51.4 Å². The van der Waals surface area contributed by atoms with Gasteiger partial charge in [0, 0.05) is 39.3 Å². The number of amides is 3. The number of aryl methyl sites for hydroxylation is 2. The lowest BCUT2D eigenvalue weighted by Crippen LogP contribution is -2.36. The summed E-state index contributed by atoms with van der Waals surface area (Å²) >= 11 is 0. The Kier molecular flexibility index (Phi) is 5.93. The highest BCUT2D eigenvalue weighted by Crippen LogP contribution is 2.20. The first-order valence-electron chi connectivity index (χ1n) is 10.7. The average Bonchev–Trinajstić information content (AvgIpc) is 3.41. The Hall–Kier alpha value is -3.35. The summed E-state index contributed by atoms with van der Waals surface area (Å²) in [6.45, 7) is 4.55. The number of imidazole rings is 1. The van der Waals surface area contributed by atoms with E-state index in [0.717, 1.165) is 48.4 Å². The molecule has 1 aromatic heterocycles. The summed E-state index contributed by atoms with van der Waals surface area (Å²) in [5.41, 5.74) is 4.64. The van der Waals surface area contributed by atoms with Gasteiger partial charge in [0.1, 0.15) is 5.82 Å². The van der Waals surface area contributed by atoms with Gasteiger partial charge in [-0.2, -0.15) is 0 Å². The van der Waals surface area contributed by atoms with Crippen LogP contribution >= 0.6 is 0 Å². The minimum atomic E-state index is -0.155. The van der Waals surface area contributed by atoms with Gasteiger partial charge >= 0.3 is 6.03 Å². The SMILES string of the molecule is Cc1ccc(CNC(=O)N(C)Cc2nc3cc(C(=O)N4CCCC4)ccc3n2C)cc1. The van der Waals surface area contributed by atoms with Gasteiger partial charge in [-0.3, -0.25) is 4.79 Å². The molecule has 3 aromatic rings. The van der Waals surface area contributed by atoms with Crippen molar-refractivity contribution < 1.29 is 9.59 Å². The lowest BCUT2D eigenvalue weighted by Gasteiger charge is -2.17. The van der Waals surface area contributed by atoms with E-state index in [9.17, 15) is 9.59 Å². The second-order valence-corrected chi connectivity index (χ2v) is 8.29. The highest BCUT2D eigenvalue weighted by atomic mass is 16.2. The molecule has 0 unspecified atom stereocenters. The Morgan fingerprint density at radius 1 is 1.10 bits per heavy atom. The standard InChI is InChI=1S/C24H29N5O2/c1-17-6-8-18(9-7-17)15-25-24(31)27(2)16-22-26-20-14-19(10-11-21(20)28(22)3)23(30)29-12-4-5-13-29/h6-11,14H,4-5,12-13,15-16H2,1-3H3,(H,25,31). The van der Waals surface area contributed by atoms with Crippen molar-refractivity contribution in [3.05, 3.63) is 65.0 Å². The molecule has 0 saturated carbocycles. The monoisotopic (exact) mass is 419 g/mol. The third-order valence-corrected chi connectivity index (χ3v) is 5.90. The van der Waals surface area contributed by atoms with Crippen molar-refractivity contribution in [2.75, 3.05) is 20.1 Å². The third kappa shape index (κ3) is 4.55. The number of urea groups is 1. The Balaban J connectivity index is 1.43. The van der Waals surface area contributed by atoms with E-state index in [2.05, 4.69) is 5.32 Å². The Morgan fingerprint density at radius 3 is 2.52 bits per heavy atom. The Bertz CT molecular complexity index is 1100. The lowest BCUT2D eigenvalue weighted by atomic mass is 10.1. The first-order valence-corrected chi connectivity index (χ1v) is 10.7. The number of nitrogens with zero attached hydrogens (tertiary/aromatic N) is 4. The molecule has 31 heavy (non-hydrogen) atoms. The van der Waals surface area contributed by atoms with Gasteiger partial charge in [0.2, 0.25) is 0 Å². The van der Waals surface area contributed by atoms with Crippen molar-refractivity contribution in [1.82, 2.24) is 24.7 Å². The van der Waals surface area contributed by atoms with Crippen LogP contribution < -0.4 is 5.32 Å². The molecule has 1 aliphatic heterocycles. The molecular weight excluding hydrogens is 390 g/mol. The largest absolute Gasteiger partial charge is 0.339 e. The molecule has 162 valence electrons. The van der Waals surface area contributed by atoms with Gasteiger partial charge in [-0.25, -0.2) is 9.78 Å². The molecule has 2 heterocycles. The third-order valence-electron chi connectivity index (χ3n) is 5.90. The van der Waals surface area contributed by atoms with Crippen LogP contribution in [0.4, 0.5) is 4.79 Å². The number of carbonyl (C=O) groups excluding carboxylic acids is 2. The average molecular weight is 420 g/mol. The molecular formula is C24H29N5O2. The van der Waals surface area contributed by atoms with E-state index in [1.165, 1.54) is 5.56 Å². The number of hydrogen-bond acceptors (Lipinski definition) is 3. The highest BCUT2D eigenvalue weighted by molar-refractivity contribution is 5.97. The first kappa shape index (κ1) is 20.9. The molecule has 0 aliphatic carbocycles. The number of benzene rings is 2. The molecule has 1 aliphatic rings. The fourth-order valence-electron chi connectivity index (χ4n) is 3.93. The zero-order valence-electron chi connectivity index (χ0n) is 18.4. The summed E-state index contributed by atoms with van der Waals surface area (Å²) < 4.78 is 1.98. The molecule has 0 bridgehead atoms. The molecule has 7 nitrogen and oxygen atoms in total. The Morgan fingerprint density at radius 2 is 1.81 bits per heavy atom. The van der Waals surface area contributed by atoms with E-state index in [0.29, 0.717) is 18.7 Å². The van der Waals surface area contributed by atoms with Crippen LogP contribution in [0, 0.1) is 6.92 Å². The summed E-state index contributed by atoms with van der Waals surface area (Å²) in [5, 5.41) is 2.95. The van der Waals surface area contributed by atoms with Crippen molar-refractivity contribution in [2.45, 2.75) is 32.9 Å². The molecule has 4 rings (SSSR count). The van der Waals surface area contributed by atoms with Crippen molar-refractivity contribution >= 4 is 23.0 Å². The van der Waals surface area contributed by atoms with Gasteiger partial charge in [-0.1, -0.05) is 29.8 Å². The van der Waals surface area contributed by atoms with Gasteiger partial charge in [0.15, 0.2) is 0 Å². The fraction of sp³-hybridized carbons (Fsp3) is 0.375. The molecule has 7 heteroatoms. The molecule has 0 radical (unpaired) electrons. The van der Waals surface area contributed by atoms with E-state index >= 15 is 0 Å². The molecule has 0 atom stereocenters. The highest BCUT2D eigenvalue weighted by Gasteiger charge is 2.21. The molecule has 0 spiro atoms. The van der Waals surface area contributed by atoms with Gasteiger partial charge in [-0.15, -0.1) is 0 Å². The van der Waals surface area contributed by atoms with Crippen LogP contribution in [0.5, 0.6) is 0 Å². The summed E-state index contributed by atoms with van der Waals surface area (Å²) in [6, 6.07) is 13.6. The smallest absolute Gasteiger partial charge is 0.317 e. The number of hydrogen-bond donors (Lipinski definition) is 1. The van der Waals surface area contributed by atoms with Crippen LogP contribution in [0.25, 0.3) is 11.0 Å². The summed E-state index contributed by atoms with van der Waals surface area (Å²) in [7, 11) is 3.69. The molecule has 1 N–H and O–H groups in total. The van der Waals surface area contributed by atoms with Crippen LogP contribution in [0.15, 0.2) is 42.5 Å². The second-order valence-electron chi connectivity index (χ2n) is 8.29. The van der Waals surface area contributed by atoms with Gasteiger partial charge in [-0.05, 0) is 43.5 Å².